The van der Waals surface area contributed by atoms with Crippen LogP contribution >= 0.6 is 12.4 Å². The number of morpholine rings is 1. The number of rotatable bonds is 4. The normalized spacial score (nSPS) is 16.2. The fourth-order valence-corrected chi connectivity index (χ4v) is 2.96. The SMILES string of the molecule is CCC(N)Cc1cc2cc(C)ccc2nc1N1CCOCC1.Cl. The van der Waals surface area contributed by atoms with Gasteiger partial charge in [-0.05, 0) is 43.5 Å². The first kappa shape index (κ1) is 18.0. The minimum atomic E-state index is 0. The molecule has 2 heterocycles. The molecule has 1 aliphatic heterocycles. The number of nitrogens with two attached hydrogens (primary N) is 1. The molecule has 2 aromatic rings. The molecule has 1 unspecified atom stereocenters. The van der Waals surface area contributed by atoms with Crippen molar-refractivity contribution in [1.82, 2.24) is 4.98 Å². The fraction of sp³-hybridized carbons (Fsp3) is 0.500. The fourth-order valence-electron chi connectivity index (χ4n) is 2.96. The summed E-state index contributed by atoms with van der Waals surface area (Å²) in [6.45, 7) is 7.60. The zero-order valence-electron chi connectivity index (χ0n) is 13.9. The van der Waals surface area contributed by atoms with E-state index < -0.39 is 0 Å². The second kappa shape index (κ2) is 7.95. The summed E-state index contributed by atoms with van der Waals surface area (Å²) < 4.78 is 5.47. The number of hydrogen-bond acceptors (Lipinski definition) is 4. The van der Waals surface area contributed by atoms with Crippen LogP contribution in [0.2, 0.25) is 0 Å². The lowest BCUT2D eigenvalue weighted by molar-refractivity contribution is 0.122. The van der Waals surface area contributed by atoms with Gasteiger partial charge in [-0.3, -0.25) is 0 Å². The maximum absolute atomic E-state index is 6.21. The van der Waals surface area contributed by atoms with Crippen molar-refractivity contribution in [1.29, 1.82) is 0 Å². The molecule has 0 spiro atoms. The van der Waals surface area contributed by atoms with Crippen LogP contribution in [0.1, 0.15) is 24.5 Å². The van der Waals surface area contributed by atoms with Crippen molar-refractivity contribution in [3.8, 4) is 0 Å². The van der Waals surface area contributed by atoms with E-state index in [4.69, 9.17) is 15.5 Å². The van der Waals surface area contributed by atoms with Crippen LogP contribution in [-0.2, 0) is 11.2 Å². The number of hydrogen-bond donors (Lipinski definition) is 1. The van der Waals surface area contributed by atoms with Gasteiger partial charge in [-0.2, -0.15) is 0 Å². The van der Waals surface area contributed by atoms with E-state index >= 15 is 0 Å². The minimum Gasteiger partial charge on any atom is -0.378 e. The first-order valence-electron chi connectivity index (χ1n) is 8.16. The lowest BCUT2D eigenvalue weighted by atomic mass is 10.0. The Labute approximate surface area is 144 Å². The highest BCUT2D eigenvalue weighted by atomic mass is 35.5. The van der Waals surface area contributed by atoms with Gasteiger partial charge in [0.2, 0.25) is 0 Å². The van der Waals surface area contributed by atoms with E-state index in [2.05, 4.69) is 43.0 Å². The number of benzene rings is 1. The van der Waals surface area contributed by atoms with Gasteiger partial charge in [0.05, 0.1) is 18.7 Å². The minimum absolute atomic E-state index is 0. The molecule has 23 heavy (non-hydrogen) atoms. The zero-order chi connectivity index (χ0) is 15.5. The predicted octanol–water partition coefficient (Wildman–Crippen LogP) is 3.08. The molecular formula is C18H26ClN3O. The molecule has 1 atom stereocenters. The predicted molar refractivity (Wildman–Crippen MR) is 98.7 cm³/mol. The molecule has 1 aromatic carbocycles. The Hall–Kier alpha value is -1.36. The summed E-state index contributed by atoms with van der Waals surface area (Å²) in [5.74, 6) is 1.09. The summed E-state index contributed by atoms with van der Waals surface area (Å²) in [5, 5.41) is 1.20. The summed E-state index contributed by atoms with van der Waals surface area (Å²) in [4.78, 5) is 7.28. The first-order valence-corrected chi connectivity index (χ1v) is 8.16. The molecule has 1 aromatic heterocycles. The highest BCUT2D eigenvalue weighted by Gasteiger charge is 2.18. The van der Waals surface area contributed by atoms with Gasteiger partial charge in [0.25, 0.3) is 0 Å². The largest absolute Gasteiger partial charge is 0.378 e. The third-order valence-electron chi connectivity index (χ3n) is 4.34. The first-order chi connectivity index (χ1) is 10.7. The number of halogens is 1. The summed E-state index contributed by atoms with van der Waals surface area (Å²) >= 11 is 0. The Kier molecular flexibility index (Phi) is 6.22. The molecule has 1 fully saturated rings. The molecule has 5 heteroatoms. The van der Waals surface area contributed by atoms with Crippen molar-refractivity contribution < 1.29 is 4.74 Å². The van der Waals surface area contributed by atoms with Crippen LogP contribution in [0.5, 0.6) is 0 Å². The van der Waals surface area contributed by atoms with Gasteiger partial charge < -0.3 is 15.4 Å². The van der Waals surface area contributed by atoms with Crippen molar-refractivity contribution in [2.45, 2.75) is 32.7 Å². The van der Waals surface area contributed by atoms with Gasteiger partial charge in [-0.15, -0.1) is 12.4 Å². The Morgan fingerprint density at radius 3 is 2.70 bits per heavy atom. The van der Waals surface area contributed by atoms with Crippen LogP contribution in [0.15, 0.2) is 24.3 Å². The standard InChI is InChI=1S/C18H25N3O.ClH/c1-3-16(19)12-15-11-14-10-13(2)4-5-17(14)20-18(15)21-6-8-22-9-7-21;/h4-5,10-11,16H,3,6-9,12,19H2,1-2H3;1H. The molecule has 2 N–H and O–H groups in total. The molecule has 0 bridgehead atoms. The van der Waals surface area contributed by atoms with Crippen molar-refractivity contribution >= 4 is 29.1 Å². The molecule has 126 valence electrons. The smallest absolute Gasteiger partial charge is 0.132 e. The average Bonchev–Trinajstić information content (AvgIpc) is 2.54. The van der Waals surface area contributed by atoms with Crippen LogP contribution in [-0.4, -0.2) is 37.3 Å². The number of nitrogens with zero attached hydrogens (tertiary/aromatic N) is 2. The van der Waals surface area contributed by atoms with Crippen LogP contribution in [0, 0.1) is 6.92 Å². The highest BCUT2D eigenvalue weighted by Crippen LogP contribution is 2.26. The number of ether oxygens (including phenoxy) is 1. The molecule has 0 aliphatic carbocycles. The van der Waals surface area contributed by atoms with Gasteiger partial charge in [-0.1, -0.05) is 18.6 Å². The van der Waals surface area contributed by atoms with Gasteiger partial charge in [-0.25, -0.2) is 4.98 Å². The van der Waals surface area contributed by atoms with E-state index in [0.29, 0.717) is 0 Å². The number of aryl methyl sites for hydroxylation is 1. The van der Waals surface area contributed by atoms with E-state index in [1.807, 2.05) is 0 Å². The molecule has 1 saturated heterocycles. The quantitative estimate of drug-likeness (QED) is 0.933. The van der Waals surface area contributed by atoms with Gasteiger partial charge in [0, 0.05) is 24.5 Å². The van der Waals surface area contributed by atoms with E-state index in [1.54, 1.807) is 0 Å². The average molecular weight is 336 g/mol. The number of pyridine rings is 1. The molecule has 4 nitrogen and oxygen atoms in total. The van der Waals surface area contributed by atoms with Crippen molar-refractivity contribution in [2.75, 3.05) is 31.2 Å². The number of anilines is 1. The summed E-state index contributed by atoms with van der Waals surface area (Å²) in [7, 11) is 0. The summed E-state index contributed by atoms with van der Waals surface area (Å²) in [5.41, 5.74) is 9.78. The lowest BCUT2D eigenvalue weighted by Crippen LogP contribution is -2.38. The Bertz CT molecular complexity index is 656. The number of fused-ring (bicyclic) bond motifs is 1. The molecule has 0 saturated carbocycles. The van der Waals surface area contributed by atoms with Crippen LogP contribution in [0.3, 0.4) is 0 Å². The van der Waals surface area contributed by atoms with Crippen LogP contribution in [0.25, 0.3) is 10.9 Å². The third-order valence-corrected chi connectivity index (χ3v) is 4.34. The molecule has 0 amide bonds. The van der Waals surface area contributed by atoms with E-state index in [9.17, 15) is 0 Å². The Balaban J connectivity index is 0.00000192. The molecule has 3 rings (SSSR count). The summed E-state index contributed by atoms with van der Waals surface area (Å²) in [6, 6.07) is 8.89. The van der Waals surface area contributed by atoms with Crippen molar-refractivity contribution in [3.05, 3.63) is 35.4 Å². The molecular weight excluding hydrogens is 310 g/mol. The Morgan fingerprint density at radius 1 is 1.26 bits per heavy atom. The lowest BCUT2D eigenvalue weighted by Gasteiger charge is -2.30. The van der Waals surface area contributed by atoms with Crippen LogP contribution in [0.4, 0.5) is 5.82 Å². The second-order valence-electron chi connectivity index (χ2n) is 6.14. The highest BCUT2D eigenvalue weighted by molar-refractivity contribution is 5.85. The molecule has 1 aliphatic rings. The van der Waals surface area contributed by atoms with E-state index in [-0.39, 0.29) is 18.4 Å². The van der Waals surface area contributed by atoms with Gasteiger partial charge >= 0.3 is 0 Å². The maximum Gasteiger partial charge on any atom is 0.132 e. The zero-order valence-corrected chi connectivity index (χ0v) is 14.7. The van der Waals surface area contributed by atoms with E-state index in [1.165, 1.54) is 16.5 Å². The number of aromatic nitrogens is 1. The summed E-state index contributed by atoms with van der Waals surface area (Å²) in [6.07, 6.45) is 1.86. The molecule has 0 radical (unpaired) electrons. The van der Waals surface area contributed by atoms with E-state index in [0.717, 1.165) is 50.5 Å². The van der Waals surface area contributed by atoms with Gasteiger partial charge in [0.1, 0.15) is 5.82 Å². The monoisotopic (exact) mass is 335 g/mol. The Morgan fingerprint density at radius 2 is 2.00 bits per heavy atom. The van der Waals surface area contributed by atoms with Crippen molar-refractivity contribution in [3.63, 3.8) is 0 Å². The topological polar surface area (TPSA) is 51.4 Å². The van der Waals surface area contributed by atoms with Gasteiger partial charge in [0.15, 0.2) is 0 Å². The van der Waals surface area contributed by atoms with Crippen LogP contribution < -0.4 is 10.6 Å². The third kappa shape index (κ3) is 4.14. The second-order valence-corrected chi connectivity index (χ2v) is 6.14. The maximum atomic E-state index is 6.21. The van der Waals surface area contributed by atoms with Crippen molar-refractivity contribution in [2.24, 2.45) is 5.73 Å².